The topological polar surface area (TPSA) is 105 Å². The minimum Gasteiger partial charge on any atom is -0.353 e. The molecular weight excluding hydrogens is 413 g/mol. The highest BCUT2D eigenvalue weighted by Gasteiger charge is 2.27. The second-order valence-corrected chi connectivity index (χ2v) is 6.81. The summed E-state index contributed by atoms with van der Waals surface area (Å²) in [4.78, 5) is 29.4. The van der Waals surface area contributed by atoms with Crippen molar-refractivity contribution in [3.63, 3.8) is 0 Å². The molecule has 9 nitrogen and oxygen atoms in total. The Morgan fingerprint density at radius 3 is 2.77 bits per heavy atom. The van der Waals surface area contributed by atoms with E-state index in [2.05, 4.69) is 30.4 Å². The van der Waals surface area contributed by atoms with Crippen LogP contribution in [0, 0.1) is 0 Å². The van der Waals surface area contributed by atoms with Gasteiger partial charge in [-0.1, -0.05) is 0 Å². The number of nitrogens with one attached hydrogen (secondary N) is 2. The number of rotatable bonds is 5. The number of carbonyl (C=O) groups is 1. The van der Waals surface area contributed by atoms with Crippen LogP contribution in [0.3, 0.4) is 0 Å². The van der Waals surface area contributed by atoms with Crippen molar-refractivity contribution in [2.45, 2.75) is 6.18 Å². The second-order valence-electron chi connectivity index (χ2n) is 6.81. The SMILES string of the molecule is CN(C(=O)c1cnn(C)c1)c1cc2[nH]c(-c3ccnc(NCC(F)(F)F)n3)cc2cn1. The largest absolute Gasteiger partial charge is 0.405 e. The molecule has 12 heteroatoms. The average molecular weight is 430 g/mol. The summed E-state index contributed by atoms with van der Waals surface area (Å²) in [5.74, 6) is 0.0296. The molecule has 0 saturated heterocycles. The van der Waals surface area contributed by atoms with Crippen LogP contribution in [-0.4, -0.2) is 55.4 Å². The van der Waals surface area contributed by atoms with Gasteiger partial charge in [-0.25, -0.2) is 15.0 Å². The number of carbonyl (C=O) groups excluding carboxylic acids is 1. The van der Waals surface area contributed by atoms with Crippen molar-refractivity contribution < 1.29 is 18.0 Å². The summed E-state index contributed by atoms with van der Waals surface area (Å²) in [7, 11) is 3.33. The number of alkyl halides is 3. The summed E-state index contributed by atoms with van der Waals surface area (Å²) in [6, 6.07) is 5.05. The third-order valence-corrected chi connectivity index (χ3v) is 4.47. The molecule has 4 rings (SSSR count). The summed E-state index contributed by atoms with van der Waals surface area (Å²) in [5.41, 5.74) is 2.11. The van der Waals surface area contributed by atoms with Crippen LogP contribution in [0.25, 0.3) is 22.3 Å². The lowest BCUT2D eigenvalue weighted by molar-refractivity contribution is -0.115. The number of hydrogen-bond donors (Lipinski definition) is 2. The number of anilines is 2. The number of H-pyrrole nitrogens is 1. The first-order valence-corrected chi connectivity index (χ1v) is 9.09. The Morgan fingerprint density at radius 2 is 2.06 bits per heavy atom. The second kappa shape index (κ2) is 7.70. The Labute approximate surface area is 173 Å². The number of aromatic nitrogens is 6. The smallest absolute Gasteiger partial charge is 0.353 e. The first-order chi connectivity index (χ1) is 14.7. The summed E-state index contributed by atoms with van der Waals surface area (Å²) in [6.45, 7) is -1.23. The van der Waals surface area contributed by atoms with Gasteiger partial charge in [0.1, 0.15) is 12.4 Å². The van der Waals surface area contributed by atoms with E-state index in [-0.39, 0.29) is 11.9 Å². The Bertz CT molecular complexity index is 1250. The lowest BCUT2D eigenvalue weighted by Gasteiger charge is -2.15. The average Bonchev–Trinajstić information content (AvgIpc) is 3.36. The molecule has 4 aromatic rings. The molecule has 2 N–H and O–H groups in total. The van der Waals surface area contributed by atoms with E-state index < -0.39 is 12.7 Å². The molecule has 0 saturated carbocycles. The molecule has 0 bridgehead atoms. The summed E-state index contributed by atoms with van der Waals surface area (Å²) < 4.78 is 38.8. The van der Waals surface area contributed by atoms with Gasteiger partial charge in [-0.05, 0) is 12.1 Å². The zero-order valence-electron chi connectivity index (χ0n) is 16.5. The minimum absolute atomic E-state index is 0.130. The Kier molecular flexibility index (Phi) is 5.05. The third-order valence-electron chi connectivity index (χ3n) is 4.47. The first-order valence-electron chi connectivity index (χ1n) is 9.09. The van der Waals surface area contributed by atoms with E-state index in [9.17, 15) is 18.0 Å². The molecule has 0 aliphatic heterocycles. The number of amides is 1. The molecule has 31 heavy (non-hydrogen) atoms. The molecule has 4 heterocycles. The molecule has 0 unspecified atom stereocenters. The van der Waals surface area contributed by atoms with Gasteiger partial charge in [0.15, 0.2) is 0 Å². The van der Waals surface area contributed by atoms with E-state index in [1.54, 1.807) is 44.7 Å². The maximum absolute atomic E-state index is 12.6. The van der Waals surface area contributed by atoms with E-state index in [0.29, 0.717) is 28.3 Å². The van der Waals surface area contributed by atoms with Crippen molar-refractivity contribution in [2.24, 2.45) is 7.05 Å². The monoisotopic (exact) mass is 430 g/mol. The minimum atomic E-state index is -4.37. The molecule has 0 radical (unpaired) electrons. The number of nitrogens with zero attached hydrogens (tertiary/aromatic N) is 6. The molecule has 0 aliphatic carbocycles. The number of aromatic amines is 1. The van der Waals surface area contributed by atoms with E-state index >= 15 is 0 Å². The van der Waals surface area contributed by atoms with E-state index in [0.717, 1.165) is 5.39 Å². The molecule has 0 atom stereocenters. The number of fused-ring (bicyclic) bond motifs is 1. The van der Waals surface area contributed by atoms with Crippen molar-refractivity contribution in [1.29, 1.82) is 0 Å². The predicted molar refractivity (Wildman–Crippen MR) is 108 cm³/mol. The van der Waals surface area contributed by atoms with Gasteiger partial charge in [-0.15, -0.1) is 0 Å². The van der Waals surface area contributed by atoms with Crippen LogP contribution in [0.15, 0.2) is 43.0 Å². The standard InChI is InChI=1S/C19H17F3N8O/c1-29-9-12(8-26-29)17(31)30(2)16-6-14-11(7-24-16)5-15(27-14)13-3-4-23-18(28-13)25-10-19(20,21)22/h3-9,27H,10H2,1-2H3,(H,23,25,28). The van der Waals surface area contributed by atoms with Gasteiger partial charge in [0, 0.05) is 44.1 Å². The Hall–Kier alpha value is -3.96. The summed E-state index contributed by atoms with van der Waals surface area (Å²) in [6.07, 6.45) is 1.69. The van der Waals surface area contributed by atoms with Crippen molar-refractivity contribution in [2.75, 3.05) is 23.8 Å². The molecule has 0 aromatic carbocycles. The zero-order chi connectivity index (χ0) is 22.2. The molecule has 0 spiro atoms. The fraction of sp³-hybridized carbons (Fsp3) is 0.211. The summed E-state index contributed by atoms with van der Waals surface area (Å²) >= 11 is 0. The van der Waals surface area contributed by atoms with Crippen molar-refractivity contribution in [1.82, 2.24) is 29.7 Å². The van der Waals surface area contributed by atoms with Gasteiger partial charge in [0.2, 0.25) is 5.95 Å². The van der Waals surface area contributed by atoms with E-state index in [1.807, 2.05) is 0 Å². The highest BCUT2D eigenvalue weighted by molar-refractivity contribution is 6.05. The number of hydrogen-bond acceptors (Lipinski definition) is 6. The highest BCUT2D eigenvalue weighted by atomic mass is 19.4. The maximum atomic E-state index is 12.6. The fourth-order valence-electron chi connectivity index (χ4n) is 2.94. The van der Waals surface area contributed by atoms with Gasteiger partial charge in [0.05, 0.1) is 28.7 Å². The fourth-order valence-corrected chi connectivity index (χ4v) is 2.94. The molecule has 4 aromatic heterocycles. The van der Waals surface area contributed by atoms with Gasteiger partial charge in [-0.3, -0.25) is 14.4 Å². The third kappa shape index (κ3) is 4.47. The quantitative estimate of drug-likeness (QED) is 0.504. The van der Waals surface area contributed by atoms with Gasteiger partial charge < -0.3 is 10.3 Å². The molecular formula is C19H17F3N8O. The van der Waals surface area contributed by atoms with Gasteiger partial charge in [0.25, 0.3) is 5.91 Å². The lowest BCUT2D eigenvalue weighted by Crippen LogP contribution is -2.26. The van der Waals surface area contributed by atoms with Crippen LogP contribution in [-0.2, 0) is 7.05 Å². The van der Waals surface area contributed by atoms with Crippen LogP contribution in [0.2, 0.25) is 0 Å². The van der Waals surface area contributed by atoms with Crippen LogP contribution < -0.4 is 10.2 Å². The van der Waals surface area contributed by atoms with Gasteiger partial charge in [-0.2, -0.15) is 18.3 Å². The van der Waals surface area contributed by atoms with Gasteiger partial charge >= 0.3 is 6.18 Å². The van der Waals surface area contributed by atoms with Crippen molar-refractivity contribution >= 4 is 28.6 Å². The van der Waals surface area contributed by atoms with Crippen LogP contribution in [0.4, 0.5) is 24.9 Å². The van der Waals surface area contributed by atoms with Crippen LogP contribution in [0.1, 0.15) is 10.4 Å². The van der Waals surface area contributed by atoms with E-state index in [1.165, 1.54) is 22.0 Å². The maximum Gasteiger partial charge on any atom is 0.405 e. The first kappa shape index (κ1) is 20.3. The Morgan fingerprint density at radius 1 is 1.26 bits per heavy atom. The Balaban J connectivity index is 1.59. The molecule has 160 valence electrons. The predicted octanol–water partition coefficient (Wildman–Crippen LogP) is 3.00. The van der Waals surface area contributed by atoms with Crippen LogP contribution in [0.5, 0.6) is 0 Å². The van der Waals surface area contributed by atoms with Crippen molar-refractivity contribution in [3.8, 4) is 11.4 Å². The molecule has 1 amide bonds. The molecule has 0 fully saturated rings. The summed E-state index contributed by atoms with van der Waals surface area (Å²) in [5, 5.41) is 6.91. The lowest BCUT2D eigenvalue weighted by atomic mass is 10.2. The number of aryl methyl sites for hydroxylation is 1. The zero-order valence-corrected chi connectivity index (χ0v) is 16.5. The molecule has 0 aliphatic rings. The number of pyridine rings is 1. The van der Waals surface area contributed by atoms with Crippen molar-refractivity contribution in [3.05, 3.63) is 48.5 Å². The number of halogens is 3. The highest BCUT2D eigenvalue weighted by Crippen LogP contribution is 2.26. The normalized spacial score (nSPS) is 11.6. The van der Waals surface area contributed by atoms with Crippen LogP contribution >= 0.6 is 0 Å². The van der Waals surface area contributed by atoms with E-state index in [4.69, 9.17) is 0 Å².